The molecule has 3 heterocycles. The van der Waals surface area contributed by atoms with Gasteiger partial charge in [-0.05, 0) is 31.2 Å². The summed E-state index contributed by atoms with van der Waals surface area (Å²) in [5.41, 5.74) is 2.00. The Hall–Kier alpha value is -2.63. The first-order valence-corrected chi connectivity index (χ1v) is 10.5. The Balaban J connectivity index is 1.52. The van der Waals surface area contributed by atoms with Crippen LogP contribution in [0, 0.1) is 0 Å². The van der Waals surface area contributed by atoms with Crippen LogP contribution in [0.2, 0.25) is 0 Å². The molecule has 1 N–H and O–H groups in total. The van der Waals surface area contributed by atoms with Gasteiger partial charge in [0.15, 0.2) is 5.82 Å². The number of rotatable bonds is 5. The zero-order valence-corrected chi connectivity index (χ0v) is 16.3. The first-order valence-electron chi connectivity index (χ1n) is 11.0. The molecule has 1 aliphatic carbocycles. The third-order valence-corrected chi connectivity index (χ3v) is 6.05. The van der Waals surface area contributed by atoms with Crippen molar-refractivity contribution in [1.82, 2.24) is 19.1 Å². The molecule has 0 amide bonds. The minimum Gasteiger partial charge on any atom is -0.365 e. The molecular formula is C22H27N5O. The molecule has 146 valence electrons. The SMILES string of the molecule is [3H]c1ccc(C[C@@H]2Cn3c(c4nc(C5CCCC5)nc-4n(CCC)c3=O)N2)cc1. The highest BCUT2D eigenvalue weighted by Crippen LogP contribution is 2.37. The normalized spacial score (nSPS) is 19.8. The molecule has 5 rings (SSSR count). The van der Waals surface area contributed by atoms with Gasteiger partial charge >= 0.3 is 5.69 Å². The van der Waals surface area contributed by atoms with E-state index in [0.29, 0.717) is 25.0 Å². The van der Waals surface area contributed by atoms with Crippen LogP contribution < -0.4 is 11.0 Å². The highest BCUT2D eigenvalue weighted by Gasteiger charge is 2.33. The number of hydrogen-bond donors (Lipinski definition) is 1. The maximum absolute atomic E-state index is 13.2. The van der Waals surface area contributed by atoms with Crippen molar-refractivity contribution in [3.63, 3.8) is 0 Å². The highest BCUT2D eigenvalue weighted by molar-refractivity contribution is 5.70. The fourth-order valence-electron chi connectivity index (χ4n) is 4.68. The van der Waals surface area contributed by atoms with E-state index < -0.39 is 0 Å². The zero-order chi connectivity index (χ0) is 20.0. The Bertz CT molecular complexity index is 1050. The Morgan fingerprint density at radius 1 is 1.25 bits per heavy atom. The molecular weight excluding hydrogens is 350 g/mol. The smallest absolute Gasteiger partial charge is 0.331 e. The van der Waals surface area contributed by atoms with Gasteiger partial charge in [0.1, 0.15) is 17.3 Å². The first-order chi connectivity index (χ1) is 14.1. The summed E-state index contributed by atoms with van der Waals surface area (Å²) in [5, 5.41) is 3.55. The Labute approximate surface area is 166 Å². The molecule has 6 heteroatoms. The van der Waals surface area contributed by atoms with Crippen molar-refractivity contribution in [3.05, 3.63) is 52.2 Å². The monoisotopic (exact) mass is 379 g/mol. The molecule has 0 aromatic heterocycles. The van der Waals surface area contributed by atoms with Gasteiger partial charge in [-0.3, -0.25) is 9.13 Å². The van der Waals surface area contributed by atoms with Gasteiger partial charge in [-0.2, -0.15) is 0 Å². The summed E-state index contributed by atoms with van der Waals surface area (Å²) in [6.07, 6.45) is 6.46. The van der Waals surface area contributed by atoms with E-state index in [1.165, 1.54) is 12.8 Å². The zero-order valence-electron chi connectivity index (χ0n) is 17.3. The number of imidazole rings is 1. The van der Waals surface area contributed by atoms with Crippen molar-refractivity contribution in [1.29, 1.82) is 0 Å². The number of benzene rings is 1. The predicted octanol–water partition coefficient (Wildman–Crippen LogP) is 3.65. The molecule has 0 spiro atoms. The maximum Gasteiger partial charge on any atom is 0.331 e. The summed E-state index contributed by atoms with van der Waals surface area (Å²) in [7, 11) is 0. The van der Waals surface area contributed by atoms with Gasteiger partial charge in [0, 0.05) is 25.0 Å². The highest BCUT2D eigenvalue weighted by atomic mass is 16.1. The topological polar surface area (TPSA) is 64.7 Å². The molecule has 1 aromatic rings. The van der Waals surface area contributed by atoms with Crippen LogP contribution >= 0.6 is 0 Å². The molecule has 1 saturated carbocycles. The van der Waals surface area contributed by atoms with Crippen LogP contribution in [0.15, 0.2) is 35.1 Å². The molecule has 4 aliphatic rings. The van der Waals surface area contributed by atoms with E-state index in [-0.39, 0.29) is 11.7 Å². The fourth-order valence-corrected chi connectivity index (χ4v) is 4.68. The summed E-state index contributed by atoms with van der Waals surface area (Å²) in [6.45, 7) is 3.37. The largest absolute Gasteiger partial charge is 0.365 e. The average Bonchev–Trinajstić information content (AvgIpc) is 3.45. The second-order valence-corrected chi connectivity index (χ2v) is 8.08. The van der Waals surface area contributed by atoms with Crippen LogP contribution in [0.4, 0.5) is 5.82 Å². The van der Waals surface area contributed by atoms with Gasteiger partial charge in [0.25, 0.3) is 0 Å². The molecule has 1 fully saturated rings. The van der Waals surface area contributed by atoms with Gasteiger partial charge < -0.3 is 5.32 Å². The van der Waals surface area contributed by atoms with Crippen molar-refractivity contribution < 1.29 is 1.37 Å². The van der Waals surface area contributed by atoms with Gasteiger partial charge in [0.05, 0.1) is 1.37 Å². The first kappa shape index (κ1) is 16.3. The second kappa shape index (κ2) is 7.08. The number of hydrogen-bond acceptors (Lipinski definition) is 4. The molecule has 0 bridgehead atoms. The lowest BCUT2D eigenvalue weighted by molar-refractivity contribution is 0.560. The lowest BCUT2D eigenvalue weighted by Crippen LogP contribution is -2.32. The number of nitrogens with one attached hydrogen (secondary N) is 1. The molecule has 1 aromatic carbocycles. The summed E-state index contributed by atoms with van der Waals surface area (Å²) < 4.78 is 11.3. The van der Waals surface area contributed by atoms with Crippen LogP contribution in [0.1, 0.15) is 57.7 Å². The van der Waals surface area contributed by atoms with Gasteiger partial charge in [-0.15, -0.1) is 0 Å². The standard InChI is InChI=1S/C22H27N5O/c1-2-12-26-21-18(24-19(25-21)16-10-6-7-11-16)20-23-17(14-27(20)22(26)28)13-15-8-4-3-5-9-15/h3-5,8-9,16-17,23H,2,6-7,10-14H2,1H3/t17-/m1/s1/i3T. The molecule has 0 saturated heterocycles. The van der Waals surface area contributed by atoms with Crippen molar-refractivity contribution in [2.75, 3.05) is 5.32 Å². The summed E-state index contributed by atoms with van der Waals surface area (Å²) in [6, 6.07) is 8.25. The van der Waals surface area contributed by atoms with Gasteiger partial charge in [-0.25, -0.2) is 14.8 Å². The number of nitrogens with zero attached hydrogens (tertiary/aromatic N) is 4. The molecule has 0 radical (unpaired) electrons. The van der Waals surface area contributed by atoms with Crippen LogP contribution in [-0.2, 0) is 19.5 Å². The fraction of sp³-hybridized carbons (Fsp3) is 0.500. The molecule has 3 aliphatic heterocycles. The van der Waals surface area contributed by atoms with Crippen LogP contribution in [0.25, 0.3) is 11.5 Å². The van der Waals surface area contributed by atoms with Crippen LogP contribution in [0.5, 0.6) is 0 Å². The van der Waals surface area contributed by atoms with Gasteiger partial charge in [0.2, 0.25) is 0 Å². The third kappa shape index (κ3) is 2.91. The average molecular weight is 380 g/mol. The van der Waals surface area contributed by atoms with E-state index >= 15 is 0 Å². The molecule has 1 atom stereocenters. The Morgan fingerprint density at radius 2 is 2.04 bits per heavy atom. The number of anilines is 1. The van der Waals surface area contributed by atoms with Crippen molar-refractivity contribution >= 4 is 5.82 Å². The summed E-state index contributed by atoms with van der Waals surface area (Å²) in [5.74, 6) is 2.88. The minimum atomic E-state index is 0.00345. The van der Waals surface area contributed by atoms with Crippen molar-refractivity contribution in [2.24, 2.45) is 0 Å². The van der Waals surface area contributed by atoms with Crippen molar-refractivity contribution in [2.45, 2.75) is 70.5 Å². The minimum absolute atomic E-state index is 0.00345. The summed E-state index contributed by atoms with van der Waals surface area (Å²) in [4.78, 5) is 23.0. The quantitative estimate of drug-likeness (QED) is 0.735. The van der Waals surface area contributed by atoms with E-state index in [1.54, 1.807) is 0 Å². The van der Waals surface area contributed by atoms with Crippen LogP contribution in [0.3, 0.4) is 0 Å². The molecule has 28 heavy (non-hydrogen) atoms. The predicted molar refractivity (Wildman–Crippen MR) is 110 cm³/mol. The number of aromatic nitrogens is 4. The number of fused-ring (bicyclic) bond motifs is 3. The van der Waals surface area contributed by atoms with Crippen molar-refractivity contribution in [3.8, 4) is 11.5 Å². The Morgan fingerprint density at radius 3 is 2.79 bits per heavy atom. The van der Waals surface area contributed by atoms with E-state index in [1.807, 2.05) is 33.4 Å². The van der Waals surface area contributed by atoms with E-state index in [4.69, 9.17) is 11.3 Å². The summed E-state index contributed by atoms with van der Waals surface area (Å²) >= 11 is 0. The lowest BCUT2D eigenvalue weighted by Gasteiger charge is -2.13. The molecule has 0 unspecified atom stereocenters. The van der Waals surface area contributed by atoms with E-state index in [2.05, 4.69) is 12.2 Å². The van der Waals surface area contributed by atoms with E-state index in [9.17, 15) is 4.79 Å². The van der Waals surface area contributed by atoms with Gasteiger partial charge in [-0.1, -0.05) is 50.1 Å². The van der Waals surface area contributed by atoms with E-state index in [0.717, 1.165) is 54.4 Å². The second-order valence-electron chi connectivity index (χ2n) is 8.08. The lowest BCUT2D eigenvalue weighted by atomic mass is 10.1. The molecule has 6 nitrogen and oxygen atoms in total. The Kier molecular flexibility index (Phi) is 4.13. The van der Waals surface area contributed by atoms with Crippen LogP contribution in [-0.4, -0.2) is 25.1 Å². The third-order valence-electron chi connectivity index (χ3n) is 6.05. The maximum atomic E-state index is 13.2.